The minimum Gasteiger partial charge on any atom is -0.490 e. The predicted molar refractivity (Wildman–Crippen MR) is 114 cm³/mol. The van der Waals surface area contributed by atoms with E-state index in [-0.39, 0.29) is 17.7 Å². The summed E-state index contributed by atoms with van der Waals surface area (Å²) in [6, 6.07) is 10.6. The fourth-order valence-electron chi connectivity index (χ4n) is 2.03. The monoisotopic (exact) mass is 463 g/mol. The maximum Gasteiger partial charge on any atom is 0.156 e. The summed E-state index contributed by atoms with van der Waals surface area (Å²) in [5.74, 6) is 1.53. The molecule has 9 heteroatoms. The summed E-state index contributed by atoms with van der Waals surface area (Å²) in [5, 5.41) is 4.34. The van der Waals surface area contributed by atoms with E-state index in [4.69, 9.17) is 60.6 Å². The average molecular weight is 465 g/mol. The quantitative estimate of drug-likeness (QED) is 0.241. The molecule has 0 spiro atoms. The Morgan fingerprint density at radius 2 is 1.57 bits per heavy atom. The topological polar surface area (TPSA) is 49.3 Å². The molecule has 150 valence electrons. The number of benzene rings is 2. The van der Waals surface area contributed by atoms with Gasteiger partial charge in [-0.2, -0.15) is 0 Å². The van der Waals surface area contributed by atoms with Crippen molar-refractivity contribution in [2.24, 2.45) is 5.16 Å². The first kappa shape index (κ1) is 22.5. The van der Waals surface area contributed by atoms with Crippen LogP contribution in [-0.2, 0) is 4.84 Å². The molecule has 0 aromatic heterocycles. The zero-order valence-electron chi connectivity index (χ0n) is 14.8. The number of hydrogen-bond donors (Lipinski definition) is 0. The SMILES string of the molecule is CON=Cc1ccc(OCCOc2c(Cl)cc(OCC=C(Cl)Cl)cc2Cl)cc1. The van der Waals surface area contributed by atoms with Gasteiger partial charge in [0.25, 0.3) is 0 Å². The minimum absolute atomic E-state index is 0.120. The van der Waals surface area contributed by atoms with Gasteiger partial charge in [-0.05, 0) is 35.9 Å². The van der Waals surface area contributed by atoms with E-state index in [1.54, 1.807) is 18.3 Å². The maximum atomic E-state index is 6.21. The lowest BCUT2D eigenvalue weighted by atomic mass is 10.2. The first-order valence-electron chi connectivity index (χ1n) is 8.05. The van der Waals surface area contributed by atoms with E-state index >= 15 is 0 Å². The van der Waals surface area contributed by atoms with Gasteiger partial charge in [0.05, 0.1) is 16.3 Å². The van der Waals surface area contributed by atoms with Gasteiger partial charge in [0.1, 0.15) is 42.9 Å². The van der Waals surface area contributed by atoms with Gasteiger partial charge in [0, 0.05) is 12.1 Å². The highest BCUT2D eigenvalue weighted by Crippen LogP contribution is 2.37. The highest BCUT2D eigenvalue weighted by molar-refractivity contribution is 6.55. The van der Waals surface area contributed by atoms with Crippen LogP contribution in [0.25, 0.3) is 0 Å². The van der Waals surface area contributed by atoms with Crippen molar-refractivity contribution in [2.75, 3.05) is 26.9 Å². The molecule has 0 fully saturated rings. The van der Waals surface area contributed by atoms with Crippen molar-refractivity contribution in [2.45, 2.75) is 0 Å². The number of nitrogens with zero attached hydrogens (tertiary/aromatic N) is 1. The first-order valence-corrected chi connectivity index (χ1v) is 9.56. The Bertz CT molecular complexity index is 798. The number of rotatable bonds is 10. The molecule has 0 saturated heterocycles. The van der Waals surface area contributed by atoms with Crippen molar-refractivity contribution in [1.29, 1.82) is 0 Å². The van der Waals surface area contributed by atoms with Gasteiger partial charge in [-0.1, -0.05) is 51.6 Å². The molecular weight excluding hydrogens is 448 g/mol. The first-order chi connectivity index (χ1) is 13.5. The second-order valence-electron chi connectivity index (χ2n) is 5.20. The number of ether oxygens (including phenoxy) is 3. The zero-order valence-corrected chi connectivity index (χ0v) is 17.9. The molecule has 0 bridgehead atoms. The van der Waals surface area contributed by atoms with Crippen molar-refractivity contribution in [1.82, 2.24) is 0 Å². The van der Waals surface area contributed by atoms with Gasteiger partial charge in [0.15, 0.2) is 5.75 Å². The van der Waals surface area contributed by atoms with Crippen LogP contribution in [0.5, 0.6) is 17.2 Å². The summed E-state index contributed by atoms with van der Waals surface area (Å²) in [6.45, 7) is 0.770. The van der Waals surface area contributed by atoms with Crippen LogP contribution in [-0.4, -0.2) is 33.1 Å². The molecule has 0 aliphatic carbocycles. The largest absolute Gasteiger partial charge is 0.490 e. The molecule has 0 aliphatic heterocycles. The van der Waals surface area contributed by atoms with Crippen LogP contribution in [0.4, 0.5) is 0 Å². The average Bonchev–Trinajstić information content (AvgIpc) is 2.66. The Balaban J connectivity index is 1.83. The van der Waals surface area contributed by atoms with E-state index in [0.29, 0.717) is 33.9 Å². The highest BCUT2D eigenvalue weighted by atomic mass is 35.5. The summed E-state index contributed by atoms with van der Waals surface area (Å²) < 4.78 is 16.8. The predicted octanol–water partition coefficient (Wildman–Crippen LogP) is 6.13. The van der Waals surface area contributed by atoms with Crippen LogP contribution in [0.2, 0.25) is 10.0 Å². The molecule has 2 aromatic rings. The summed E-state index contributed by atoms with van der Waals surface area (Å²) >= 11 is 23.5. The molecule has 0 radical (unpaired) electrons. The van der Waals surface area contributed by atoms with E-state index in [2.05, 4.69) is 9.99 Å². The van der Waals surface area contributed by atoms with E-state index in [1.165, 1.54) is 13.2 Å². The Morgan fingerprint density at radius 1 is 0.929 bits per heavy atom. The molecular formula is C19H17Cl4NO4. The summed E-state index contributed by atoms with van der Waals surface area (Å²) in [7, 11) is 1.49. The molecule has 0 N–H and O–H groups in total. The molecule has 0 amide bonds. The molecule has 2 rings (SSSR count). The van der Waals surface area contributed by atoms with E-state index in [0.717, 1.165) is 5.56 Å². The van der Waals surface area contributed by atoms with Gasteiger partial charge >= 0.3 is 0 Å². The molecule has 0 atom stereocenters. The Labute approximate surface area is 183 Å². The van der Waals surface area contributed by atoms with Crippen LogP contribution in [0.3, 0.4) is 0 Å². The third-order valence-electron chi connectivity index (χ3n) is 3.25. The van der Waals surface area contributed by atoms with Gasteiger partial charge in [-0.15, -0.1) is 0 Å². The standard InChI is InChI=1S/C19H17Cl4NO4/c1-25-24-12-13-2-4-14(5-3-13)27-8-9-28-19-16(20)10-15(11-17(19)21)26-7-6-18(22)23/h2-6,10-12H,7-9H2,1H3. The molecule has 0 aliphatic rings. The van der Waals surface area contributed by atoms with E-state index in [9.17, 15) is 0 Å². The minimum atomic E-state index is 0.120. The third kappa shape index (κ3) is 7.68. The zero-order chi connectivity index (χ0) is 20.4. The fourth-order valence-corrected chi connectivity index (χ4v) is 2.73. The van der Waals surface area contributed by atoms with Gasteiger partial charge in [0.2, 0.25) is 0 Å². The number of oxime groups is 1. The lowest BCUT2D eigenvalue weighted by Crippen LogP contribution is -2.09. The lowest BCUT2D eigenvalue weighted by molar-refractivity contribution is 0.215. The summed E-state index contributed by atoms with van der Waals surface area (Å²) in [4.78, 5) is 4.63. The Morgan fingerprint density at radius 3 is 2.18 bits per heavy atom. The molecule has 0 unspecified atom stereocenters. The van der Waals surface area contributed by atoms with Crippen LogP contribution in [0, 0.1) is 0 Å². The molecule has 28 heavy (non-hydrogen) atoms. The van der Waals surface area contributed by atoms with Crippen molar-refractivity contribution in [3.05, 3.63) is 62.6 Å². The maximum absolute atomic E-state index is 6.21. The van der Waals surface area contributed by atoms with E-state index < -0.39 is 0 Å². The Hall–Kier alpha value is -1.79. The number of hydrogen-bond acceptors (Lipinski definition) is 5. The van der Waals surface area contributed by atoms with E-state index in [1.807, 2.05) is 24.3 Å². The second kappa shape index (κ2) is 11.9. The molecule has 0 heterocycles. The second-order valence-corrected chi connectivity index (χ2v) is 7.03. The molecule has 0 saturated carbocycles. The van der Waals surface area contributed by atoms with Crippen molar-refractivity contribution in [3.8, 4) is 17.2 Å². The van der Waals surface area contributed by atoms with Crippen LogP contribution >= 0.6 is 46.4 Å². The highest BCUT2D eigenvalue weighted by Gasteiger charge is 2.11. The molecule has 2 aromatic carbocycles. The normalized spacial score (nSPS) is 10.6. The van der Waals surface area contributed by atoms with Crippen molar-refractivity contribution >= 4 is 52.6 Å². The van der Waals surface area contributed by atoms with Crippen molar-refractivity contribution < 1.29 is 19.0 Å². The van der Waals surface area contributed by atoms with Crippen LogP contribution in [0.1, 0.15) is 5.56 Å². The summed E-state index contributed by atoms with van der Waals surface area (Å²) in [5.41, 5.74) is 0.898. The van der Waals surface area contributed by atoms with Crippen molar-refractivity contribution in [3.63, 3.8) is 0 Å². The van der Waals surface area contributed by atoms with Gasteiger partial charge in [-0.25, -0.2) is 0 Å². The smallest absolute Gasteiger partial charge is 0.156 e. The Kier molecular flexibility index (Phi) is 9.58. The fraction of sp³-hybridized carbons (Fsp3) is 0.211. The van der Waals surface area contributed by atoms with Crippen LogP contribution < -0.4 is 14.2 Å². The number of halogens is 4. The summed E-state index contributed by atoms with van der Waals surface area (Å²) in [6.07, 6.45) is 3.11. The lowest BCUT2D eigenvalue weighted by Gasteiger charge is -2.13. The third-order valence-corrected chi connectivity index (χ3v) is 4.12. The molecule has 5 nitrogen and oxygen atoms in total. The van der Waals surface area contributed by atoms with Gasteiger partial charge in [-0.3, -0.25) is 0 Å². The van der Waals surface area contributed by atoms with Gasteiger partial charge < -0.3 is 19.0 Å². The van der Waals surface area contributed by atoms with Crippen LogP contribution in [0.15, 0.2) is 52.1 Å².